The lowest BCUT2D eigenvalue weighted by molar-refractivity contribution is 0.103. The van der Waals surface area contributed by atoms with Gasteiger partial charge in [-0.3, -0.25) is 14.5 Å². The Morgan fingerprint density at radius 1 is 1.20 bits per heavy atom. The van der Waals surface area contributed by atoms with Crippen molar-refractivity contribution in [1.82, 2.24) is 9.97 Å². The lowest BCUT2D eigenvalue weighted by atomic mass is 10.0. The second kappa shape index (κ2) is 8.49. The largest absolute Gasteiger partial charge is 0.497 e. The molecule has 158 valence electrons. The molecular weight excluding hydrogens is 426 g/mol. The van der Waals surface area contributed by atoms with Crippen LogP contribution in [0.25, 0.3) is 0 Å². The topological polar surface area (TPSA) is 101 Å². The van der Waals surface area contributed by atoms with E-state index in [1.165, 1.54) is 6.20 Å². The molecule has 0 bridgehead atoms. The third kappa shape index (κ3) is 4.66. The van der Waals surface area contributed by atoms with Gasteiger partial charge in [0.2, 0.25) is 15.8 Å². The van der Waals surface area contributed by atoms with Gasteiger partial charge in [0.15, 0.2) is 0 Å². The Kier molecular flexibility index (Phi) is 6.19. The number of nitrogens with one attached hydrogen (secondary N) is 2. The van der Waals surface area contributed by atoms with Crippen molar-refractivity contribution in [2.24, 2.45) is 0 Å². The summed E-state index contributed by atoms with van der Waals surface area (Å²) in [6.45, 7) is 3.70. The van der Waals surface area contributed by atoms with Crippen LogP contribution < -0.4 is 9.46 Å². The van der Waals surface area contributed by atoms with Gasteiger partial charge in [-0.05, 0) is 48.9 Å². The summed E-state index contributed by atoms with van der Waals surface area (Å²) in [6, 6.07) is 10.2. The van der Waals surface area contributed by atoms with Crippen molar-refractivity contribution in [3.8, 4) is 5.75 Å². The van der Waals surface area contributed by atoms with E-state index in [1.54, 1.807) is 50.4 Å². The van der Waals surface area contributed by atoms with Gasteiger partial charge in [-0.1, -0.05) is 18.5 Å². The third-order valence-electron chi connectivity index (χ3n) is 4.75. The fourth-order valence-corrected chi connectivity index (χ4v) is 3.95. The molecule has 0 saturated heterocycles. The minimum absolute atomic E-state index is 0.170. The number of carbonyl (C=O) groups excluding carboxylic acids is 1. The SMILES string of the molecule is COc1ccc(C(=O)c2[nH]c(C(C)c3ccc(NS(C)(=O)=O)cn3)c(Cl)c2C)cc1. The average molecular weight is 448 g/mol. The third-order valence-corrected chi connectivity index (χ3v) is 5.84. The second-order valence-corrected chi connectivity index (χ2v) is 9.10. The van der Waals surface area contributed by atoms with Crippen LogP contribution in [-0.4, -0.2) is 37.5 Å². The van der Waals surface area contributed by atoms with E-state index in [9.17, 15) is 13.2 Å². The molecule has 3 aromatic rings. The summed E-state index contributed by atoms with van der Waals surface area (Å²) in [5, 5.41) is 0.472. The fraction of sp³-hybridized carbons (Fsp3) is 0.238. The molecule has 0 amide bonds. The number of hydrogen-bond donors (Lipinski definition) is 2. The van der Waals surface area contributed by atoms with Gasteiger partial charge in [-0.25, -0.2) is 8.42 Å². The van der Waals surface area contributed by atoms with Crippen LogP contribution in [-0.2, 0) is 10.0 Å². The standard InChI is InChI=1S/C21H22ClN3O4S/c1-12(17-10-7-15(11-23-17)25-30(4,27)28)19-18(22)13(2)20(24-19)21(26)14-5-8-16(29-3)9-6-14/h5-12,24-25H,1-4H3. The van der Waals surface area contributed by atoms with Gasteiger partial charge in [0, 0.05) is 22.9 Å². The van der Waals surface area contributed by atoms with Crippen molar-refractivity contribution in [2.75, 3.05) is 18.1 Å². The van der Waals surface area contributed by atoms with Crippen LogP contribution in [0.15, 0.2) is 42.6 Å². The van der Waals surface area contributed by atoms with Crippen LogP contribution in [0.4, 0.5) is 5.69 Å². The second-order valence-electron chi connectivity index (χ2n) is 6.98. The number of halogens is 1. The normalized spacial score (nSPS) is 12.4. The Hall–Kier alpha value is -2.84. The summed E-state index contributed by atoms with van der Waals surface area (Å²) in [4.78, 5) is 20.5. The number of rotatable bonds is 7. The first kappa shape index (κ1) is 21.9. The molecule has 7 nitrogen and oxygen atoms in total. The fourth-order valence-electron chi connectivity index (χ4n) is 3.09. The first-order chi connectivity index (χ1) is 14.1. The van der Waals surface area contributed by atoms with Crippen LogP contribution in [0.2, 0.25) is 5.02 Å². The molecule has 30 heavy (non-hydrogen) atoms. The molecule has 0 spiro atoms. The number of H-pyrrole nitrogens is 1. The van der Waals surface area contributed by atoms with Crippen molar-refractivity contribution in [1.29, 1.82) is 0 Å². The minimum Gasteiger partial charge on any atom is -0.497 e. The molecule has 0 saturated carbocycles. The molecule has 2 heterocycles. The van der Waals surface area contributed by atoms with Crippen molar-refractivity contribution in [2.45, 2.75) is 19.8 Å². The first-order valence-electron chi connectivity index (χ1n) is 9.11. The molecule has 1 aromatic carbocycles. The molecule has 0 aliphatic heterocycles. The van der Waals surface area contributed by atoms with E-state index in [-0.39, 0.29) is 11.7 Å². The molecule has 3 rings (SSSR count). The van der Waals surface area contributed by atoms with Crippen LogP contribution >= 0.6 is 11.6 Å². The van der Waals surface area contributed by atoms with Crippen LogP contribution in [0, 0.1) is 6.92 Å². The Morgan fingerprint density at radius 3 is 2.40 bits per heavy atom. The van der Waals surface area contributed by atoms with Gasteiger partial charge in [-0.2, -0.15) is 0 Å². The number of hydrogen-bond acceptors (Lipinski definition) is 5. The zero-order valence-corrected chi connectivity index (χ0v) is 18.6. The molecule has 1 atom stereocenters. The van der Waals surface area contributed by atoms with Crippen LogP contribution in [0.5, 0.6) is 5.75 Å². The number of nitrogens with zero attached hydrogens (tertiary/aromatic N) is 1. The monoisotopic (exact) mass is 447 g/mol. The molecule has 0 aliphatic rings. The lowest BCUT2D eigenvalue weighted by Gasteiger charge is -2.11. The number of anilines is 1. The van der Waals surface area contributed by atoms with Crippen molar-refractivity contribution >= 4 is 33.1 Å². The maximum Gasteiger partial charge on any atom is 0.229 e. The molecular formula is C21H22ClN3O4S. The summed E-state index contributed by atoms with van der Waals surface area (Å²) in [5.74, 6) is 0.263. The molecule has 0 radical (unpaired) electrons. The van der Waals surface area contributed by atoms with Gasteiger partial charge >= 0.3 is 0 Å². The van der Waals surface area contributed by atoms with E-state index < -0.39 is 10.0 Å². The van der Waals surface area contributed by atoms with Crippen molar-refractivity contribution in [3.05, 3.63) is 75.8 Å². The summed E-state index contributed by atoms with van der Waals surface area (Å²) in [5.41, 5.74) is 3.32. The Balaban J connectivity index is 1.89. The highest BCUT2D eigenvalue weighted by atomic mass is 35.5. The van der Waals surface area contributed by atoms with Crippen LogP contribution in [0.3, 0.4) is 0 Å². The molecule has 1 unspecified atom stereocenters. The van der Waals surface area contributed by atoms with Crippen molar-refractivity contribution < 1.29 is 17.9 Å². The number of aromatic amines is 1. The van der Waals surface area contributed by atoms with E-state index in [2.05, 4.69) is 14.7 Å². The van der Waals surface area contributed by atoms with Crippen LogP contribution in [0.1, 0.15) is 45.8 Å². The Labute approximate surface area is 180 Å². The highest BCUT2D eigenvalue weighted by molar-refractivity contribution is 7.92. The quantitative estimate of drug-likeness (QED) is 0.530. The summed E-state index contributed by atoms with van der Waals surface area (Å²) < 4.78 is 30.2. The van der Waals surface area contributed by atoms with Crippen molar-refractivity contribution in [3.63, 3.8) is 0 Å². The zero-order chi connectivity index (χ0) is 22.1. The number of methoxy groups -OCH3 is 1. The number of sulfonamides is 1. The van der Waals surface area contributed by atoms with E-state index in [0.717, 1.165) is 6.26 Å². The molecule has 0 fully saturated rings. The van der Waals surface area contributed by atoms with Gasteiger partial charge in [0.05, 0.1) is 36.0 Å². The molecule has 2 aromatic heterocycles. The van der Waals surface area contributed by atoms with Gasteiger partial charge < -0.3 is 9.72 Å². The Morgan fingerprint density at radius 2 is 1.87 bits per heavy atom. The zero-order valence-electron chi connectivity index (χ0n) is 17.0. The van der Waals surface area contributed by atoms with Gasteiger partial charge in [0.25, 0.3) is 0 Å². The predicted octanol–water partition coefficient (Wildman–Crippen LogP) is 4.13. The lowest BCUT2D eigenvalue weighted by Crippen LogP contribution is -2.10. The maximum absolute atomic E-state index is 13.0. The first-order valence-corrected chi connectivity index (χ1v) is 11.4. The van der Waals surface area contributed by atoms with Gasteiger partial charge in [-0.15, -0.1) is 0 Å². The number of ketones is 1. The molecule has 2 N–H and O–H groups in total. The van der Waals surface area contributed by atoms with E-state index in [4.69, 9.17) is 16.3 Å². The maximum atomic E-state index is 13.0. The summed E-state index contributed by atoms with van der Waals surface area (Å²) >= 11 is 6.53. The number of pyridine rings is 1. The number of carbonyl (C=O) groups is 1. The number of benzene rings is 1. The van der Waals surface area contributed by atoms with E-state index in [1.807, 2.05) is 6.92 Å². The smallest absolute Gasteiger partial charge is 0.229 e. The number of ether oxygens (including phenoxy) is 1. The van der Waals surface area contributed by atoms with E-state index >= 15 is 0 Å². The predicted molar refractivity (Wildman–Crippen MR) is 117 cm³/mol. The Bertz CT molecular complexity index is 1170. The molecule has 9 heteroatoms. The highest BCUT2D eigenvalue weighted by Gasteiger charge is 2.23. The average Bonchev–Trinajstić information content (AvgIpc) is 3.01. The summed E-state index contributed by atoms with van der Waals surface area (Å²) in [6.07, 6.45) is 2.52. The highest BCUT2D eigenvalue weighted by Crippen LogP contribution is 2.33. The minimum atomic E-state index is -3.37. The van der Waals surface area contributed by atoms with E-state index in [0.29, 0.717) is 44.7 Å². The summed E-state index contributed by atoms with van der Waals surface area (Å²) in [7, 11) is -1.81. The number of aromatic nitrogens is 2. The molecule has 0 aliphatic carbocycles. The van der Waals surface area contributed by atoms with Gasteiger partial charge in [0.1, 0.15) is 5.75 Å².